The molecule has 6 nitrogen and oxygen atoms in total. The highest BCUT2D eigenvalue weighted by molar-refractivity contribution is 5.92. The average Bonchev–Trinajstić information content (AvgIpc) is 3.19. The van der Waals surface area contributed by atoms with Gasteiger partial charge in [-0.15, -0.1) is 0 Å². The monoisotopic (exact) mass is 558 g/mol. The number of carbonyl (C=O) groups is 3. The zero-order chi connectivity index (χ0) is 29.1. The second kappa shape index (κ2) is 12.8. The number of carbonyl (C=O) groups excluding carboxylic acids is 3. The van der Waals surface area contributed by atoms with E-state index in [1.54, 1.807) is 0 Å². The van der Waals surface area contributed by atoms with Crippen molar-refractivity contribution in [2.45, 2.75) is 142 Å². The van der Waals surface area contributed by atoms with Crippen LogP contribution >= 0.6 is 0 Å². The molecule has 0 radical (unpaired) electrons. The third kappa shape index (κ3) is 5.86. The first-order chi connectivity index (χ1) is 19.0. The summed E-state index contributed by atoms with van der Waals surface area (Å²) in [6.07, 6.45) is 16.0. The van der Waals surface area contributed by atoms with E-state index in [0.29, 0.717) is 19.3 Å². The summed E-state index contributed by atoms with van der Waals surface area (Å²) in [7, 11) is 0. The topological polar surface area (TPSA) is 101 Å². The van der Waals surface area contributed by atoms with Crippen LogP contribution in [0, 0.1) is 34.5 Å². The average molecular weight is 559 g/mol. The maximum Gasteiger partial charge on any atom is 0.309 e. The summed E-state index contributed by atoms with van der Waals surface area (Å²) in [5.74, 6) is -0.534. The van der Waals surface area contributed by atoms with Gasteiger partial charge in [-0.3, -0.25) is 14.4 Å². The molecule has 4 aliphatic carbocycles. The molecule has 0 aliphatic heterocycles. The smallest absolute Gasteiger partial charge is 0.309 e. The van der Waals surface area contributed by atoms with Crippen LogP contribution in [-0.2, 0) is 19.1 Å². The van der Waals surface area contributed by atoms with Crippen LogP contribution in [0.15, 0.2) is 11.6 Å². The number of hydrogen-bond acceptors (Lipinski definition) is 6. The number of fused-ring (bicyclic) bond motifs is 5. The van der Waals surface area contributed by atoms with Gasteiger partial charge in [0.15, 0.2) is 12.4 Å². The molecule has 0 aromatic rings. The first kappa shape index (κ1) is 31.4. The summed E-state index contributed by atoms with van der Waals surface area (Å²) in [6, 6.07) is 0. The summed E-state index contributed by atoms with van der Waals surface area (Å²) in [6.45, 7) is 7.84. The third-order valence-electron chi connectivity index (χ3n) is 11.7. The van der Waals surface area contributed by atoms with E-state index in [4.69, 9.17) is 4.74 Å². The van der Waals surface area contributed by atoms with Gasteiger partial charge in [-0.1, -0.05) is 84.6 Å². The van der Waals surface area contributed by atoms with Gasteiger partial charge in [0.05, 0.1) is 12.0 Å². The van der Waals surface area contributed by atoms with Crippen molar-refractivity contribution in [3.63, 3.8) is 0 Å². The Hall–Kier alpha value is -1.53. The lowest BCUT2D eigenvalue weighted by Crippen LogP contribution is -2.62. The van der Waals surface area contributed by atoms with Gasteiger partial charge < -0.3 is 14.9 Å². The SMILES string of the molecule is CCCCCCCCCCC(C)C(=O)OCC(=O)[C@@]1(O)CC[C@H]2[C@@H]3CCC4=CC(=O)CC[C@]4(C)[C@H]3[C@@H](O)C[C@@]21C. The maximum atomic E-state index is 13.5. The van der Waals surface area contributed by atoms with Crippen molar-refractivity contribution in [3.05, 3.63) is 11.6 Å². The second-order valence-corrected chi connectivity index (χ2v) is 14.2. The van der Waals surface area contributed by atoms with Crippen molar-refractivity contribution < 1.29 is 29.3 Å². The van der Waals surface area contributed by atoms with Crippen LogP contribution < -0.4 is 0 Å². The highest BCUT2D eigenvalue weighted by atomic mass is 16.5. The normalized spacial score (nSPS) is 37.6. The number of Topliss-reactive ketones (excluding diaryl/α,β-unsaturated/α-hetero) is 1. The number of rotatable bonds is 13. The Labute approximate surface area is 241 Å². The van der Waals surface area contributed by atoms with E-state index < -0.39 is 29.5 Å². The lowest BCUT2D eigenvalue weighted by Gasteiger charge is -2.60. The number of aliphatic hydroxyl groups excluding tert-OH is 1. The molecular weight excluding hydrogens is 504 g/mol. The van der Waals surface area contributed by atoms with Gasteiger partial charge in [0.25, 0.3) is 0 Å². The Morgan fingerprint density at radius 3 is 2.40 bits per heavy atom. The molecule has 4 aliphatic rings. The zero-order valence-electron chi connectivity index (χ0n) is 25.5. The number of ether oxygens (including phenoxy) is 1. The molecule has 2 N–H and O–H groups in total. The van der Waals surface area contributed by atoms with Gasteiger partial charge in [0, 0.05) is 11.8 Å². The Morgan fingerprint density at radius 1 is 1.02 bits per heavy atom. The molecule has 0 spiro atoms. The van der Waals surface area contributed by atoms with Crippen molar-refractivity contribution in [1.29, 1.82) is 0 Å². The molecule has 0 amide bonds. The van der Waals surface area contributed by atoms with Crippen LogP contribution in [0.25, 0.3) is 0 Å². The summed E-state index contributed by atoms with van der Waals surface area (Å²) in [5.41, 5.74) is -1.40. The predicted molar refractivity (Wildman–Crippen MR) is 155 cm³/mol. The minimum absolute atomic E-state index is 0.0335. The lowest BCUT2D eigenvalue weighted by molar-refractivity contribution is -0.185. The number of hydrogen-bond donors (Lipinski definition) is 2. The fourth-order valence-corrected chi connectivity index (χ4v) is 9.25. The fraction of sp³-hybridized carbons (Fsp3) is 0.853. The van der Waals surface area contributed by atoms with E-state index in [0.717, 1.165) is 44.9 Å². The van der Waals surface area contributed by atoms with E-state index in [1.165, 1.54) is 44.1 Å². The molecular formula is C34H54O6. The Balaban J connectivity index is 1.31. The molecule has 0 bridgehead atoms. The highest BCUT2D eigenvalue weighted by Gasteiger charge is 2.68. The van der Waals surface area contributed by atoms with Gasteiger partial charge in [-0.25, -0.2) is 0 Å². The summed E-state index contributed by atoms with van der Waals surface area (Å²) in [5, 5.41) is 23.4. The van der Waals surface area contributed by atoms with Crippen molar-refractivity contribution >= 4 is 17.5 Å². The van der Waals surface area contributed by atoms with Crippen molar-refractivity contribution in [2.24, 2.45) is 34.5 Å². The van der Waals surface area contributed by atoms with Crippen LogP contribution in [0.5, 0.6) is 0 Å². The quantitative estimate of drug-likeness (QED) is 0.198. The first-order valence-corrected chi connectivity index (χ1v) is 16.3. The molecule has 0 saturated heterocycles. The fourth-order valence-electron chi connectivity index (χ4n) is 9.25. The van der Waals surface area contributed by atoms with E-state index in [1.807, 2.05) is 19.9 Å². The molecule has 1 unspecified atom stereocenters. The molecule has 6 heteroatoms. The van der Waals surface area contributed by atoms with Crippen molar-refractivity contribution in [2.75, 3.05) is 6.61 Å². The zero-order valence-corrected chi connectivity index (χ0v) is 25.5. The second-order valence-electron chi connectivity index (χ2n) is 14.2. The standard InChI is InChI=1S/C34H54O6/c1-5-6-7-8-9-10-11-12-13-23(2)31(38)40-22-29(37)34(39)19-17-27-26-15-14-24-20-25(35)16-18-32(24,3)30(26)28(36)21-33(27,34)4/h20,23,26-28,30,36,39H,5-19,21-22H2,1-4H3/t23?,26-,27-,28-,30+,32-,33-,34-/m0/s1. The van der Waals surface area contributed by atoms with E-state index >= 15 is 0 Å². The minimum Gasteiger partial charge on any atom is -0.457 e. The molecule has 40 heavy (non-hydrogen) atoms. The van der Waals surface area contributed by atoms with Crippen LogP contribution in [0.2, 0.25) is 0 Å². The third-order valence-corrected chi connectivity index (χ3v) is 11.7. The minimum atomic E-state index is -1.61. The van der Waals surface area contributed by atoms with Gasteiger partial charge in [0.1, 0.15) is 5.60 Å². The molecule has 0 aromatic heterocycles. The van der Waals surface area contributed by atoms with Crippen molar-refractivity contribution in [1.82, 2.24) is 0 Å². The summed E-state index contributed by atoms with van der Waals surface area (Å²) < 4.78 is 5.47. The van der Waals surface area contributed by atoms with E-state index in [-0.39, 0.29) is 40.8 Å². The first-order valence-electron chi connectivity index (χ1n) is 16.3. The molecule has 0 aromatic carbocycles. The molecule has 3 saturated carbocycles. The maximum absolute atomic E-state index is 13.5. The molecule has 3 fully saturated rings. The number of unbranched alkanes of at least 4 members (excludes halogenated alkanes) is 7. The summed E-state index contributed by atoms with van der Waals surface area (Å²) in [4.78, 5) is 38.3. The number of allylic oxidation sites excluding steroid dienone is 1. The van der Waals surface area contributed by atoms with Crippen LogP contribution in [-0.4, -0.2) is 46.1 Å². The number of aliphatic hydroxyl groups is 2. The number of esters is 1. The summed E-state index contributed by atoms with van der Waals surface area (Å²) >= 11 is 0. The predicted octanol–water partition coefficient (Wildman–Crippen LogP) is 6.50. The Kier molecular flexibility index (Phi) is 10.0. The Bertz CT molecular complexity index is 971. The van der Waals surface area contributed by atoms with Crippen LogP contribution in [0.3, 0.4) is 0 Å². The van der Waals surface area contributed by atoms with Gasteiger partial charge in [-0.2, -0.15) is 0 Å². The van der Waals surface area contributed by atoms with Gasteiger partial charge >= 0.3 is 5.97 Å². The molecule has 4 rings (SSSR count). The number of ketones is 2. The van der Waals surface area contributed by atoms with E-state index in [2.05, 4.69) is 13.8 Å². The van der Waals surface area contributed by atoms with Crippen LogP contribution in [0.1, 0.15) is 130 Å². The highest BCUT2D eigenvalue weighted by Crippen LogP contribution is 2.67. The largest absolute Gasteiger partial charge is 0.457 e. The molecule has 0 heterocycles. The van der Waals surface area contributed by atoms with Crippen LogP contribution in [0.4, 0.5) is 0 Å². The molecule has 226 valence electrons. The Morgan fingerprint density at radius 2 is 1.70 bits per heavy atom. The van der Waals surface area contributed by atoms with Crippen molar-refractivity contribution in [3.8, 4) is 0 Å². The molecule has 8 atom stereocenters. The van der Waals surface area contributed by atoms with Gasteiger partial charge in [0.2, 0.25) is 5.78 Å². The van der Waals surface area contributed by atoms with E-state index in [9.17, 15) is 24.6 Å². The lowest BCUT2D eigenvalue weighted by atomic mass is 9.45. The van der Waals surface area contributed by atoms with Gasteiger partial charge in [-0.05, 0) is 74.2 Å².